The van der Waals surface area contributed by atoms with E-state index >= 15 is 0 Å². The van der Waals surface area contributed by atoms with Crippen LogP contribution in [-0.2, 0) is 6.18 Å². The SMILES string of the molecule is C=Cc1ccc(C2CCN(C(=O)c3cccc4c(C(F)(F)F)cccc34)CC2)cc1. The average Bonchev–Trinajstić information content (AvgIpc) is 2.77. The van der Waals surface area contributed by atoms with Crippen LogP contribution in [0.2, 0.25) is 0 Å². The van der Waals surface area contributed by atoms with Gasteiger partial charge in [-0.3, -0.25) is 4.79 Å². The van der Waals surface area contributed by atoms with Crippen LogP contribution < -0.4 is 0 Å². The first kappa shape index (κ1) is 20.2. The molecule has 1 heterocycles. The number of hydrogen-bond donors (Lipinski definition) is 0. The Bertz CT molecular complexity index is 1080. The molecule has 0 unspecified atom stereocenters. The van der Waals surface area contributed by atoms with Crippen LogP contribution >= 0.6 is 0 Å². The molecule has 0 aromatic heterocycles. The molecule has 0 radical (unpaired) electrons. The van der Waals surface area contributed by atoms with Gasteiger partial charge in [0.1, 0.15) is 0 Å². The second kappa shape index (κ2) is 7.98. The van der Waals surface area contributed by atoms with Gasteiger partial charge >= 0.3 is 6.18 Å². The van der Waals surface area contributed by atoms with E-state index in [-0.39, 0.29) is 11.3 Å². The van der Waals surface area contributed by atoms with Gasteiger partial charge < -0.3 is 4.90 Å². The Morgan fingerprint density at radius 3 is 2.20 bits per heavy atom. The molecule has 30 heavy (non-hydrogen) atoms. The summed E-state index contributed by atoms with van der Waals surface area (Å²) in [6, 6.07) is 16.8. The largest absolute Gasteiger partial charge is 0.417 e. The van der Waals surface area contributed by atoms with Crippen molar-refractivity contribution < 1.29 is 18.0 Å². The average molecular weight is 409 g/mol. The molecule has 5 heteroatoms. The zero-order valence-electron chi connectivity index (χ0n) is 16.5. The van der Waals surface area contributed by atoms with Crippen LogP contribution in [0.3, 0.4) is 0 Å². The number of rotatable bonds is 3. The number of piperidine rings is 1. The molecule has 4 rings (SSSR count). The van der Waals surface area contributed by atoms with Gasteiger partial charge in [-0.15, -0.1) is 0 Å². The molecule has 1 saturated heterocycles. The summed E-state index contributed by atoms with van der Waals surface area (Å²) in [6.45, 7) is 4.94. The Labute approximate surface area is 173 Å². The van der Waals surface area contributed by atoms with Gasteiger partial charge in [0.05, 0.1) is 5.56 Å². The van der Waals surface area contributed by atoms with Gasteiger partial charge in [0.15, 0.2) is 0 Å². The summed E-state index contributed by atoms with van der Waals surface area (Å²) >= 11 is 0. The third-order valence-electron chi connectivity index (χ3n) is 5.88. The number of halogens is 3. The maximum atomic E-state index is 13.4. The molecule has 0 bridgehead atoms. The van der Waals surface area contributed by atoms with E-state index in [4.69, 9.17) is 0 Å². The molecule has 3 aromatic rings. The van der Waals surface area contributed by atoms with E-state index in [0.717, 1.165) is 24.5 Å². The highest BCUT2D eigenvalue weighted by atomic mass is 19.4. The van der Waals surface area contributed by atoms with Crippen molar-refractivity contribution in [1.29, 1.82) is 0 Å². The van der Waals surface area contributed by atoms with Crippen molar-refractivity contribution in [1.82, 2.24) is 4.90 Å². The van der Waals surface area contributed by atoms with E-state index in [1.54, 1.807) is 23.1 Å². The summed E-state index contributed by atoms with van der Waals surface area (Å²) in [5, 5.41) is 0.410. The molecule has 0 aliphatic carbocycles. The highest BCUT2D eigenvalue weighted by Crippen LogP contribution is 2.36. The number of nitrogens with zero attached hydrogens (tertiary/aromatic N) is 1. The van der Waals surface area contributed by atoms with Crippen LogP contribution in [0.25, 0.3) is 16.8 Å². The maximum Gasteiger partial charge on any atom is 0.417 e. The number of carbonyl (C=O) groups is 1. The summed E-state index contributed by atoms with van der Waals surface area (Å²) in [5.74, 6) is 0.164. The van der Waals surface area contributed by atoms with Crippen LogP contribution in [0.5, 0.6) is 0 Å². The lowest BCUT2D eigenvalue weighted by molar-refractivity contribution is -0.136. The van der Waals surface area contributed by atoms with E-state index in [2.05, 4.69) is 18.7 Å². The Balaban J connectivity index is 1.54. The van der Waals surface area contributed by atoms with Gasteiger partial charge in [-0.05, 0) is 52.8 Å². The monoisotopic (exact) mass is 409 g/mol. The van der Waals surface area contributed by atoms with Gasteiger partial charge in [-0.25, -0.2) is 0 Å². The first-order chi connectivity index (χ1) is 14.4. The summed E-state index contributed by atoms with van der Waals surface area (Å²) in [5.41, 5.74) is 1.93. The fourth-order valence-electron chi connectivity index (χ4n) is 4.23. The molecule has 0 saturated carbocycles. The van der Waals surface area contributed by atoms with Crippen molar-refractivity contribution in [2.75, 3.05) is 13.1 Å². The normalized spacial score (nSPS) is 15.4. The van der Waals surface area contributed by atoms with Crippen LogP contribution in [0.1, 0.15) is 45.8 Å². The molecule has 0 N–H and O–H groups in total. The highest BCUT2D eigenvalue weighted by Gasteiger charge is 2.33. The molecule has 2 nitrogen and oxygen atoms in total. The first-order valence-electron chi connectivity index (χ1n) is 9.99. The number of alkyl halides is 3. The minimum Gasteiger partial charge on any atom is -0.339 e. The highest BCUT2D eigenvalue weighted by molar-refractivity contribution is 6.07. The molecule has 1 aliphatic heterocycles. The molecule has 3 aromatic carbocycles. The zero-order chi connectivity index (χ0) is 21.3. The Morgan fingerprint density at radius 1 is 0.933 bits per heavy atom. The molecule has 154 valence electrons. The first-order valence-corrected chi connectivity index (χ1v) is 9.99. The molecule has 1 aliphatic rings. The van der Waals surface area contributed by atoms with Gasteiger partial charge in [0, 0.05) is 18.7 Å². The van der Waals surface area contributed by atoms with E-state index in [1.165, 1.54) is 23.8 Å². The van der Waals surface area contributed by atoms with Crippen LogP contribution in [0.15, 0.2) is 67.2 Å². The molecule has 0 spiro atoms. The van der Waals surface area contributed by atoms with Gasteiger partial charge in [-0.2, -0.15) is 13.2 Å². The molecule has 0 atom stereocenters. The van der Waals surface area contributed by atoms with Crippen LogP contribution in [-0.4, -0.2) is 23.9 Å². The Hall–Kier alpha value is -3.08. The van der Waals surface area contributed by atoms with Crippen molar-refractivity contribution in [2.24, 2.45) is 0 Å². The quantitative estimate of drug-likeness (QED) is 0.482. The Kier molecular flexibility index (Phi) is 5.37. The second-order valence-corrected chi connectivity index (χ2v) is 7.64. The Morgan fingerprint density at radius 2 is 1.57 bits per heavy atom. The number of carbonyl (C=O) groups excluding carboxylic acids is 1. The van der Waals surface area contributed by atoms with E-state index in [9.17, 15) is 18.0 Å². The molecule has 1 amide bonds. The van der Waals surface area contributed by atoms with Crippen molar-refractivity contribution in [3.8, 4) is 0 Å². The lowest BCUT2D eigenvalue weighted by Gasteiger charge is -2.32. The predicted molar refractivity (Wildman–Crippen MR) is 113 cm³/mol. The fraction of sp³-hybridized carbons (Fsp3) is 0.240. The van der Waals surface area contributed by atoms with Crippen molar-refractivity contribution in [3.63, 3.8) is 0 Å². The minimum absolute atomic E-state index is 0.0630. The third-order valence-corrected chi connectivity index (χ3v) is 5.88. The lowest BCUT2D eigenvalue weighted by atomic mass is 9.88. The summed E-state index contributed by atoms with van der Waals surface area (Å²) in [7, 11) is 0. The predicted octanol–water partition coefficient (Wildman–Crippen LogP) is 6.52. The number of fused-ring (bicyclic) bond motifs is 1. The van der Waals surface area contributed by atoms with Crippen molar-refractivity contribution >= 4 is 22.8 Å². The van der Waals surface area contributed by atoms with Gasteiger partial charge in [0.2, 0.25) is 0 Å². The number of amides is 1. The van der Waals surface area contributed by atoms with E-state index < -0.39 is 11.7 Å². The summed E-state index contributed by atoms with van der Waals surface area (Å²) < 4.78 is 40.1. The maximum absolute atomic E-state index is 13.4. The fourth-order valence-corrected chi connectivity index (χ4v) is 4.23. The summed E-state index contributed by atoms with van der Waals surface area (Å²) in [4.78, 5) is 14.9. The second-order valence-electron chi connectivity index (χ2n) is 7.64. The van der Waals surface area contributed by atoms with Crippen molar-refractivity contribution in [3.05, 3.63) is 89.5 Å². The molecular weight excluding hydrogens is 387 g/mol. The van der Waals surface area contributed by atoms with Crippen molar-refractivity contribution in [2.45, 2.75) is 24.9 Å². The molecule has 1 fully saturated rings. The topological polar surface area (TPSA) is 20.3 Å². The third kappa shape index (κ3) is 3.84. The summed E-state index contributed by atoms with van der Waals surface area (Å²) in [6.07, 6.45) is -0.990. The van der Waals surface area contributed by atoms with Gasteiger partial charge in [0.25, 0.3) is 5.91 Å². The number of likely N-dealkylation sites (tertiary alicyclic amines) is 1. The van der Waals surface area contributed by atoms with Crippen LogP contribution in [0.4, 0.5) is 13.2 Å². The smallest absolute Gasteiger partial charge is 0.339 e. The lowest BCUT2D eigenvalue weighted by Crippen LogP contribution is -2.38. The zero-order valence-corrected chi connectivity index (χ0v) is 16.5. The number of benzene rings is 3. The standard InChI is InChI=1S/C25H22F3NO/c1-2-17-9-11-18(12-10-17)19-13-15-29(16-14-19)24(30)22-7-3-6-21-20(22)5-4-8-23(21)25(26,27)28/h2-12,19H,1,13-16H2. The van der Waals surface area contributed by atoms with Crippen LogP contribution in [0, 0.1) is 0 Å². The number of hydrogen-bond acceptors (Lipinski definition) is 1. The minimum atomic E-state index is -4.46. The van der Waals surface area contributed by atoms with Gasteiger partial charge in [-0.1, -0.05) is 61.2 Å². The van der Waals surface area contributed by atoms with E-state index in [0.29, 0.717) is 30.0 Å². The van der Waals surface area contributed by atoms with E-state index in [1.807, 2.05) is 12.1 Å². The molecular formula is C25H22F3NO.